The summed E-state index contributed by atoms with van der Waals surface area (Å²) in [6.45, 7) is 4.60. The van der Waals surface area contributed by atoms with Crippen LogP contribution in [0, 0.1) is 0 Å². The van der Waals surface area contributed by atoms with E-state index in [1.54, 1.807) is 0 Å². The summed E-state index contributed by atoms with van der Waals surface area (Å²) >= 11 is 0. The van der Waals surface area contributed by atoms with Crippen molar-refractivity contribution in [1.82, 2.24) is 19.9 Å². The minimum atomic E-state index is -2.17. The van der Waals surface area contributed by atoms with Crippen molar-refractivity contribution in [2.24, 2.45) is 0 Å². The first-order valence-electron chi connectivity index (χ1n) is 13.1. The van der Waals surface area contributed by atoms with Crippen molar-refractivity contribution < 1.29 is 0 Å². The predicted octanol–water partition coefficient (Wildman–Crippen LogP) is 3.81. The van der Waals surface area contributed by atoms with Gasteiger partial charge in [0.25, 0.3) is 0 Å². The molecule has 5 nitrogen and oxygen atoms in total. The second kappa shape index (κ2) is 11.2. The third kappa shape index (κ3) is 4.71. The zero-order chi connectivity index (χ0) is 25.6. The van der Waals surface area contributed by atoms with Crippen LogP contribution in [-0.2, 0) is 6.54 Å². The standard InChI is InChI=1S/C32H31N5P/c1-4-11-28(12-5-1)38(29-13-6-2-7-14-29,30-15-8-3-9-16-30)31-17-20-33-25-27(31)26-36-21-23-37(24-22-36)32-34-18-10-19-35-32/h1-20,25H,21-24,26H2/q+1. The van der Waals surface area contributed by atoms with E-state index in [4.69, 9.17) is 0 Å². The van der Waals surface area contributed by atoms with Gasteiger partial charge >= 0.3 is 0 Å². The van der Waals surface area contributed by atoms with Crippen molar-refractivity contribution in [3.8, 4) is 0 Å². The Morgan fingerprint density at radius 2 is 1.11 bits per heavy atom. The number of piperazine rings is 1. The zero-order valence-corrected chi connectivity index (χ0v) is 22.2. The molecule has 0 bridgehead atoms. The molecule has 6 rings (SSSR count). The number of aromatic nitrogens is 3. The highest BCUT2D eigenvalue weighted by atomic mass is 31.2. The van der Waals surface area contributed by atoms with Crippen molar-refractivity contribution >= 4 is 34.4 Å². The summed E-state index contributed by atoms with van der Waals surface area (Å²) < 4.78 is 0. The minimum absolute atomic E-state index is 0.816. The van der Waals surface area contributed by atoms with Gasteiger partial charge in [-0.1, -0.05) is 54.6 Å². The van der Waals surface area contributed by atoms with E-state index in [0.717, 1.165) is 38.7 Å². The highest BCUT2D eigenvalue weighted by Gasteiger charge is 2.49. The second-order valence-electron chi connectivity index (χ2n) is 9.49. The lowest BCUT2D eigenvalue weighted by molar-refractivity contribution is 0.249. The van der Waals surface area contributed by atoms with Gasteiger partial charge in [0.2, 0.25) is 5.95 Å². The lowest BCUT2D eigenvalue weighted by atomic mass is 10.2. The Bertz CT molecular complexity index is 1340. The van der Waals surface area contributed by atoms with Gasteiger partial charge in [0.15, 0.2) is 0 Å². The van der Waals surface area contributed by atoms with Gasteiger partial charge < -0.3 is 4.90 Å². The second-order valence-corrected chi connectivity index (χ2v) is 12.9. The zero-order valence-electron chi connectivity index (χ0n) is 21.3. The normalized spacial score (nSPS) is 14.4. The van der Waals surface area contributed by atoms with Crippen LogP contribution >= 0.6 is 7.26 Å². The van der Waals surface area contributed by atoms with Crippen LogP contribution in [0.15, 0.2) is 128 Å². The van der Waals surface area contributed by atoms with Gasteiger partial charge in [-0.25, -0.2) is 9.97 Å². The summed E-state index contributed by atoms with van der Waals surface area (Å²) in [5, 5.41) is 5.45. The maximum atomic E-state index is 4.63. The summed E-state index contributed by atoms with van der Waals surface area (Å²) in [6.07, 6.45) is 7.69. The van der Waals surface area contributed by atoms with E-state index in [9.17, 15) is 0 Å². The van der Waals surface area contributed by atoms with E-state index in [1.165, 1.54) is 26.8 Å². The number of nitrogens with zero attached hydrogens (tertiary/aromatic N) is 5. The molecule has 1 aliphatic rings. The summed E-state index contributed by atoms with van der Waals surface area (Å²) in [5.41, 5.74) is 1.29. The lowest BCUT2D eigenvalue weighted by Crippen LogP contribution is -2.47. The van der Waals surface area contributed by atoms with Gasteiger partial charge in [-0.2, -0.15) is 0 Å². The Labute approximate surface area is 225 Å². The van der Waals surface area contributed by atoms with Crippen molar-refractivity contribution in [3.63, 3.8) is 0 Å². The van der Waals surface area contributed by atoms with E-state index >= 15 is 0 Å². The summed E-state index contributed by atoms with van der Waals surface area (Å²) in [5.74, 6) is 0.816. The van der Waals surface area contributed by atoms with Gasteiger partial charge in [0, 0.05) is 69.1 Å². The SMILES string of the molecule is c1ccc([P+](c2ccccc2)(c2ccccc2)c2ccncc2CN2CCN(c3ncccn3)CC2)cc1. The van der Waals surface area contributed by atoms with E-state index in [-0.39, 0.29) is 0 Å². The van der Waals surface area contributed by atoms with E-state index in [2.05, 4.69) is 128 Å². The van der Waals surface area contributed by atoms with Crippen LogP contribution in [0.3, 0.4) is 0 Å². The Balaban J connectivity index is 1.42. The molecule has 3 heterocycles. The van der Waals surface area contributed by atoms with Crippen LogP contribution in [-0.4, -0.2) is 46.0 Å². The monoisotopic (exact) mass is 516 g/mol. The van der Waals surface area contributed by atoms with Crippen molar-refractivity contribution in [2.75, 3.05) is 31.1 Å². The molecule has 3 aromatic carbocycles. The summed E-state index contributed by atoms with van der Waals surface area (Å²) in [7, 11) is -2.17. The molecule has 1 saturated heterocycles. The molecule has 0 aliphatic carbocycles. The van der Waals surface area contributed by atoms with E-state index in [1.807, 2.05) is 24.7 Å². The quantitative estimate of drug-likeness (QED) is 0.308. The molecule has 0 amide bonds. The molecule has 188 valence electrons. The topological polar surface area (TPSA) is 45.2 Å². The lowest BCUT2D eigenvalue weighted by Gasteiger charge is -2.35. The number of rotatable bonds is 7. The molecule has 1 fully saturated rings. The summed E-state index contributed by atoms with van der Waals surface area (Å²) in [4.78, 5) is 18.3. The van der Waals surface area contributed by atoms with Crippen molar-refractivity contribution in [2.45, 2.75) is 6.54 Å². The fraction of sp³-hybridized carbons (Fsp3) is 0.156. The first-order valence-corrected chi connectivity index (χ1v) is 14.9. The minimum Gasteiger partial charge on any atom is -0.338 e. The van der Waals surface area contributed by atoms with Crippen LogP contribution < -0.4 is 26.1 Å². The molecule has 0 atom stereocenters. The molecular weight excluding hydrogens is 485 g/mol. The maximum absolute atomic E-state index is 4.63. The first kappa shape index (κ1) is 24.4. The molecule has 38 heavy (non-hydrogen) atoms. The number of anilines is 1. The molecule has 6 heteroatoms. The Kier molecular flexibility index (Phi) is 7.21. The van der Waals surface area contributed by atoms with E-state index < -0.39 is 7.26 Å². The van der Waals surface area contributed by atoms with Gasteiger partial charge in [0.1, 0.15) is 28.5 Å². The number of hydrogen-bond donors (Lipinski definition) is 0. The largest absolute Gasteiger partial charge is 0.338 e. The Hall–Kier alpha value is -3.92. The van der Waals surface area contributed by atoms with Crippen LogP contribution in [0.25, 0.3) is 0 Å². The molecule has 0 radical (unpaired) electrons. The third-order valence-corrected chi connectivity index (χ3v) is 11.6. The number of benzene rings is 3. The smallest absolute Gasteiger partial charge is 0.225 e. The highest BCUT2D eigenvalue weighted by molar-refractivity contribution is 8.01. The van der Waals surface area contributed by atoms with Crippen LogP contribution in [0.1, 0.15) is 5.56 Å². The van der Waals surface area contributed by atoms with Crippen LogP contribution in [0.2, 0.25) is 0 Å². The molecular formula is C32H31N5P+. The molecule has 0 spiro atoms. The van der Waals surface area contributed by atoms with Gasteiger partial charge in [-0.3, -0.25) is 9.88 Å². The predicted molar refractivity (Wildman–Crippen MR) is 159 cm³/mol. The molecule has 0 saturated carbocycles. The highest BCUT2D eigenvalue weighted by Crippen LogP contribution is 2.54. The maximum Gasteiger partial charge on any atom is 0.225 e. The first-order chi connectivity index (χ1) is 18.9. The third-order valence-electron chi connectivity index (χ3n) is 7.27. The molecule has 0 N–H and O–H groups in total. The van der Waals surface area contributed by atoms with Gasteiger partial charge in [-0.05, 0) is 42.5 Å². The van der Waals surface area contributed by atoms with Crippen molar-refractivity contribution in [1.29, 1.82) is 0 Å². The fourth-order valence-corrected chi connectivity index (χ4v) is 9.93. The number of pyridine rings is 1. The molecule has 2 aromatic heterocycles. The summed E-state index contributed by atoms with van der Waals surface area (Å²) in [6, 6.07) is 37.3. The van der Waals surface area contributed by atoms with E-state index in [0.29, 0.717) is 0 Å². The van der Waals surface area contributed by atoms with Gasteiger partial charge in [0.05, 0.1) is 0 Å². The van der Waals surface area contributed by atoms with Gasteiger partial charge in [-0.15, -0.1) is 0 Å². The van der Waals surface area contributed by atoms with Crippen LogP contribution in [0.5, 0.6) is 0 Å². The Morgan fingerprint density at radius 1 is 0.579 bits per heavy atom. The molecule has 0 unspecified atom stereocenters. The molecule has 5 aromatic rings. The van der Waals surface area contributed by atoms with Crippen molar-refractivity contribution in [3.05, 3.63) is 133 Å². The average molecular weight is 517 g/mol. The fourth-order valence-electron chi connectivity index (χ4n) is 5.49. The van der Waals surface area contributed by atoms with Crippen LogP contribution in [0.4, 0.5) is 5.95 Å². The average Bonchev–Trinajstić information content (AvgIpc) is 3.01. The Morgan fingerprint density at radius 3 is 1.63 bits per heavy atom. The number of hydrogen-bond acceptors (Lipinski definition) is 5. The molecule has 1 aliphatic heterocycles.